The van der Waals surface area contributed by atoms with Crippen LogP contribution in [0.4, 0.5) is 0 Å². The molecule has 0 bridgehead atoms. The molecule has 8 nitrogen and oxygen atoms in total. The van der Waals surface area contributed by atoms with E-state index in [0.29, 0.717) is 26.2 Å². The first-order valence-corrected chi connectivity index (χ1v) is 8.82. The Morgan fingerprint density at radius 1 is 1.35 bits per heavy atom. The summed E-state index contributed by atoms with van der Waals surface area (Å²) in [6, 6.07) is 1.89. The number of hydrogen-bond donors (Lipinski definition) is 1. The van der Waals surface area contributed by atoms with Gasteiger partial charge in [0.25, 0.3) is 5.91 Å². The third-order valence-corrected chi connectivity index (χ3v) is 4.57. The second kappa shape index (κ2) is 10.0. The summed E-state index contributed by atoms with van der Waals surface area (Å²) in [5.41, 5.74) is 0.931. The fourth-order valence-corrected chi connectivity index (χ4v) is 3.22. The van der Waals surface area contributed by atoms with Gasteiger partial charge in [0.1, 0.15) is 11.9 Å². The molecule has 2 fully saturated rings. The van der Waals surface area contributed by atoms with Gasteiger partial charge in [-0.25, -0.2) is 9.97 Å². The molecule has 3 rings (SSSR count). The fraction of sp³-hybridized carbons (Fsp3) is 0.647. The van der Waals surface area contributed by atoms with Crippen molar-refractivity contribution in [1.82, 2.24) is 25.1 Å². The van der Waals surface area contributed by atoms with Crippen LogP contribution in [0.2, 0.25) is 0 Å². The summed E-state index contributed by atoms with van der Waals surface area (Å²) in [7, 11) is 1.78. The fourth-order valence-electron chi connectivity index (χ4n) is 3.22. The van der Waals surface area contributed by atoms with Crippen LogP contribution in [0.5, 0.6) is 0 Å². The Labute approximate surface area is 171 Å². The number of ether oxygens (including phenoxy) is 1. The maximum absolute atomic E-state index is 12.4. The van der Waals surface area contributed by atoms with E-state index in [9.17, 15) is 4.79 Å². The number of halogens is 1. The Hall–Kier alpha value is -1.49. The molecule has 2 aliphatic heterocycles. The van der Waals surface area contributed by atoms with Crippen molar-refractivity contribution in [2.24, 2.45) is 4.99 Å². The second-order valence-electron chi connectivity index (χ2n) is 6.31. The van der Waals surface area contributed by atoms with Gasteiger partial charge in [0.2, 0.25) is 0 Å². The molecule has 0 spiro atoms. The summed E-state index contributed by atoms with van der Waals surface area (Å²) in [6.45, 7) is 6.11. The zero-order valence-electron chi connectivity index (χ0n) is 15.3. The van der Waals surface area contributed by atoms with Crippen molar-refractivity contribution in [3.05, 3.63) is 23.8 Å². The Bertz CT molecular complexity index is 627. The highest BCUT2D eigenvalue weighted by molar-refractivity contribution is 14.0. The molecule has 0 aliphatic carbocycles. The highest BCUT2D eigenvalue weighted by atomic mass is 127. The van der Waals surface area contributed by atoms with Gasteiger partial charge in [-0.1, -0.05) is 0 Å². The molecule has 1 unspecified atom stereocenters. The molecule has 3 heterocycles. The van der Waals surface area contributed by atoms with E-state index in [4.69, 9.17) is 4.74 Å². The predicted octanol–water partition coefficient (Wildman–Crippen LogP) is 0.802. The molecule has 26 heavy (non-hydrogen) atoms. The van der Waals surface area contributed by atoms with Crippen LogP contribution in [0, 0.1) is 6.92 Å². The van der Waals surface area contributed by atoms with Gasteiger partial charge in [0, 0.05) is 46.0 Å². The standard InChI is InChI=1S/C17H26N6O2.HI/c1-13-19-6-5-14(21-13)12-20-17(18-2)23-9-7-22(8-10-23)16(24)15-4-3-11-25-15;/h5-6,15H,3-4,7-12H2,1-2H3,(H,18,20);1H. The normalized spacial score (nSPS) is 20.7. The molecule has 144 valence electrons. The van der Waals surface area contributed by atoms with Gasteiger partial charge >= 0.3 is 0 Å². The lowest BCUT2D eigenvalue weighted by molar-refractivity contribution is -0.142. The summed E-state index contributed by atoms with van der Waals surface area (Å²) < 4.78 is 5.51. The van der Waals surface area contributed by atoms with E-state index < -0.39 is 0 Å². The van der Waals surface area contributed by atoms with Crippen molar-refractivity contribution in [2.45, 2.75) is 32.4 Å². The molecule has 1 aromatic heterocycles. The number of hydrogen-bond acceptors (Lipinski definition) is 5. The number of piperazine rings is 1. The highest BCUT2D eigenvalue weighted by Crippen LogP contribution is 2.16. The van der Waals surface area contributed by atoms with Crippen molar-refractivity contribution in [3.63, 3.8) is 0 Å². The Morgan fingerprint density at radius 2 is 2.08 bits per heavy atom. The first-order valence-electron chi connectivity index (χ1n) is 8.82. The molecule has 0 saturated carbocycles. The smallest absolute Gasteiger partial charge is 0.251 e. The minimum Gasteiger partial charge on any atom is -0.368 e. The van der Waals surface area contributed by atoms with Gasteiger partial charge in [0.15, 0.2) is 5.96 Å². The lowest BCUT2D eigenvalue weighted by Crippen LogP contribution is -2.55. The summed E-state index contributed by atoms with van der Waals surface area (Å²) in [5, 5.41) is 3.34. The molecule has 0 radical (unpaired) electrons. The van der Waals surface area contributed by atoms with E-state index >= 15 is 0 Å². The van der Waals surface area contributed by atoms with E-state index in [0.717, 1.165) is 43.4 Å². The van der Waals surface area contributed by atoms with E-state index in [1.54, 1.807) is 13.2 Å². The molecular weight excluding hydrogens is 447 g/mol. The zero-order valence-corrected chi connectivity index (χ0v) is 17.7. The lowest BCUT2D eigenvalue weighted by Gasteiger charge is -2.37. The molecule has 0 aromatic carbocycles. The first-order chi connectivity index (χ1) is 12.2. The molecule has 2 aliphatic rings. The Balaban J connectivity index is 0.00000243. The zero-order chi connectivity index (χ0) is 17.6. The van der Waals surface area contributed by atoms with E-state index in [2.05, 4.69) is 25.2 Å². The van der Waals surface area contributed by atoms with Gasteiger partial charge < -0.3 is 19.9 Å². The third kappa shape index (κ3) is 5.26. The second-order valence-corrected chi connectivity index (χ2v) is 6.31. The van der Waals surface area contributed by atoms with Crippen molar-refractivity contribution >= 4 is 35.8 Å². The molecule has 1 N–H and O–H groups in total. The van der Waals surface area contributed by atoms with Crippen molar-refractivity contribution in [1.29, 1.82) is 0 Å². The number of amides is 1. The van der Waals surface area contributed by atoms with Gasteiger partial charge in [-0.05, 0) is 25.8 Å². The summed E-state index contributed by atoms with van der Waals surface area (Å²) in [5.74, 6) is 1.73. The third-order valence-electron chi connectivity index (χ3n) is 4.57. The summed E-state index contributed by atoms with van der Waals surface area (Å²) in [4.78, 5) is 29.3. The van der Waals surface area contributed by atoms with Crippen LogP contribution >= 0.6 is 24.0 Å². The quantitative estimate of drug-likeness (QED) is 0.397. The SMILES string of the molecule is CN=C(NCc1ccnc(C)n1)N1CCN(C(=O)C2CCCO2)CC1.I. The number of nitrogens with one attached hydrogen (secondary N) is 1. The van der Waals surface area contributed by atoms with Crippen molar-refractivity contribution in [2.75, 3.05) is 39.8 Å². The topological polar surface area (TPSA) is 83.0 Å². The van der Waals surface area contributed by atoms with Gasteiger partial charge in [-0.2, -0.15) is 0 Å². The minimum absolute atomic E-state index is 0. The Morgan fingerprint density at radius 3 is 2.69 bits per heavy atom. The number of aryl methyl sites for hydroxylation is 1. The lowest BCUT2D eigenvalue weighted by atomic mass is 10.2. The number of rotatable bonds is 3. The van der Waals surface area contributed by atoms with Gasteiger partial charge in [-0.15, -0.1) is 24.0 Å². The first kappa shape index (κ1) is 20.8. The molecule has 2 saturated heterocycles. The van der Waals surface area contributed by atoms with Crippen molar-refractivity contribution < 1.29 is 9.53 Å². The van der Waals surface area contributed by atoms with Crippen LogP contribution in [0.15, 0.2) is 17.3 Å². The largest absolute Gasteiger partial charge is 0.368 e. The van der Waals surface area contributed by atoms with Gasteiger partial charge in [-0.3, -0.25) is 9.79 Å². The number of carbonyl (C=O) groups excluding carboxylic acids is 1. The maximum Gasteiger partial charge on any atom is 0.251 e. The Kier molecular flexibility index (Phi) is 8.01. The van der Waals surface area contributed by atoms with Gasteiger partial charge in [0.05, 0.1) is 12.2 Å². The average Bonchev–Trinajstić information content (AvgIpc) is 3.17. The maximum atomic E-state index is 12.4. The highest BCUT2D eigenvalue weighted by Gasteiger charge is 2.30. The minimum atomic E-state index is -0.231. The summed E-state index contributed by atoms with van der Waals surface area (Å²) in [6.07, 6.45) is 3.36. The number of aromatic nitrogens is 2. The molecular formula is C17H27IN6O2. The van der Waals surface area contributed by atoms with Crippen LogP contribution in [-0.2, 0) is 16.1 Å². The predicted molar refractivity (Wildman–Crippen MR) is 110 cm³/mol. The van der Waals surface area contributed by atoms with Crippen molar-refractivity contribution in [3.8, 4) is 0 Å². The number of nitrogens with zero attached hydrogens (tertiary/aromatic N) is 5. The molecule has 1 aromatic rings. The van der Waals surface area contributed by atoms with Crippen LogP contribution in [0.3, 0.4) is 0 Å². The number of aliphatic imine (C=N–C) groups is 1. The molecule has 1 atom stereocenters. The van der Waals surface area contributed by atoms with Crippen LogP contribution < -0.4 is 5.32 Å². The molecule has 1 amide bonds. The number of guanidine groups is 1. The monoisotopic (exact) mass is 474 g/mol. The summed E-state index contributed by atoms with van der Waals surface area (Å²) >= 11 is 0. The number of carbonyl (C=O) groups is 1. The van der Waals surface area contributed by atoms with Crippen LogP contribution in [0.25, 0.3) is 0 Å². The average molecular weight is 474 g/mol. The van der Waals surface area contributed by atoms with E-state index in [1.807, 2.05) is 17.9 Å². The molecule has 9 heteroatoms. The van der Waals surface area contributed by atoms with E-state index in [-0.39, 0.29) is 36.0 Å². The van der Waals surface area contributed by atoms with E-state index in [1.165, 1.54) is 0 Å². The van der Waals surface area contributed by atoms with Crippen LogP contribution in [-0.4, -0.2) is 77.6 Å². The van der Waals surface area contributed by atoms with Crippen LogP contribution in [0.1, 0.15) is 24.4 Å².